The molecular formula is C22H26O. The summed E-state index contributed by atoms with van der Waals surface area (Å²) in [4.78, 5) is 0. The van der Waals surface area contributed by atoms with Gasteiger partial charge in [0.05, 0.1) is 0 Å². The van der Waals surface area contributed by atoms with Crippen LogP contribution >= 0.6 is 0 Å². The summed E-state index contributed by atoms with van der Waals surface area (Å²) >= 11 is 0. The number of fused-ring (bicyclic) bond motifs is 3. The molecule has 23 heavy (non-hydrogen) atoms. The summed E-state index contributed by atoms with van der Waals surface area (Å²) in [6.07, 6.45) is 25.0. The molecule has 0 N–H and O–H groups in total. The molecule has 1 heterocycles. The largest absolute Gasteiger partial charge is 0.456 e. The average Bonchev–Trinajstić information content (AvgIpc) is 2.67. The SMILES string of the molecule is CC1(C)C=Cc2oc3c(c2C=C1)=CC=CC(C1CCCCC1)C=3. The second-order valence-corrected chi connectivity index (χ2v) is 7.84. The molecule has 1 aromatic rings. The molecule has 3 aliphatic carbocycles. The Labute approximate surface area is 138 Å². The molecule has 1 atom stereocenters. The van der Waals surface area contributed by atoms with Crippen molar-refractivity contribution in [1.29, 1.82) is 0 Å². The minimum absolute atomic E-state index is 0.0866. The summed E-state index contributed by atoms with van der Waals surface area (Å²) in [7, 11) is 0. The number of hydrogen-bond acceptors (Lipinski definition) is 1. The van der Waals surface area contributed by atoms with Gasteiger partial charge < -0.3 is 4.42 Å². The van der Waals surface area contributed by atoms with Crippen LogP contribution in [0.25, 0.3) is 24.3 Å². The third kappa shape index (κ3) is 2.89. The van der Waals surface area contributed by atoms with E-state index < -0.39 is 0 Å². The van der Waals surface area contributed by atoms with Crippen molar-refractivity contribution in [2.24, 2.45) is 17.3 Å². The molecule has 1 fully saturated rings. The Morgan fingerprint density at radius 3 is 2.65 bits per heavy atom. The summed E-state index contributed by atoms with van der Waals surface area (Å²) < 4.78 is 6.24. The lowest BCUT2D eigenvalue weighted by molar-refractivity contribution is 0.325. The first-order chi connectivity index (χ1) is 11.1. The topological polar surface area (TPSA) is 13.1 Å². The molecule has 4 rings (SSSR count). The molecular weight excluding hydrogens is 280 g/mol. The smallest absolute Gasteiger partial charge is 0.135 e. The van der Waals surface area contributed by atoms with Crippen LogP contribution in [0, 0.1) is 17.3 Å². The van der Waals surface area contributed by atoms with Crippen molar-refractivity contribution in [3.8, 4) is 0 Å². The number of allylic oxidation sites excluding steroid dienone is 4. The van der Waals surface area contributed by atoms with E-state index in [1.807, 2.05) is 0 Å². The Hall–Kier alpha value is -1.76. The van der Waals surface area contributed by atoms with Gasteiger partial charge in [-0.05, 0) is 30.9 Å². The van der Waals surface area contributed by atoms with Gasteiger partial charge in [-0.25, -0.2) is 0 Å². The zero-order chi connectivity index (χ0) is 15.9. The molecule has 0 radical (unpaired) electrons. The number of hydrogen-bond donors (Lipinski definition) is 0. The van der Waals surface area contributed by atoms with Gasteiger partial charge in [0.25, 0.3) is 0 Å². The van der Waals surface area contributed by atoms with Gasteiger partial charge in [-0.1, -0.05) is 69.6 Å². The van der Waals surface area contributed by atoms with Gasteiger partial charge in [-0.15, -0.1) is 0 Å². The van der Waals surface area contributed by atoms with Gasteiger partial charge in [-0.2, -0.15) is 0 Å². The van der Waals surface area contributed by atoms with Crippen LogP contribution < -0.4 is 10.6 Å². The highest BCUT2D eigenvalue weighted by molar-refractivity contribution is 5.68. The first-order valence-electron chi connectivity index (χ1n) is 9.04. The maximum Gasteiger partial charge on any atom is 0.135 e. The predicted octanol–water partition coefficient (Wildman–Crippen LogP) is 4.67. The molecule has 1 nitrogen and oxygen atoms in total. The zero-order valence-corrected chi connectivity index (χ0v) is 14.2. The van der Waals surface area contributed by atoms with Crippen molar-refractivity contribution in [1.82, 2.24) is 0 Å². The van der Waals surface area contributed by atoms with Gasteiger partial charge in [0.1, 0.15) is 11.2 Å². The summed E-state index contributed by atoms with van der Waals surface area (Å²) in [5.41, 5.74) is 2.38. The van der Waals surface area contributed by atoms with E-state index in [2.05, 4.69) is 62.5 Å². The van der Waals surface area contributed by atoms with Crippen LogP contribution in [0.1, 0.15) is 57.3 Å². The third-order valence-corrected chi connectivity index (χ3v) is 5.52. The lowest BCUT2D eigenvalue weighted by Gasteiger charge is -2.25. The van der Waals surface area contributed by atoms with E-state index >= 15 is 0 Å². The van der Waals surface area contributed by atoms with E-state index in [9.17, 15) is 0 Å². The van der Waals surface area contributed by atoms with E-state index in [-0.39, 0.29) is 5.41 Å². The maximum atomic E-state index is 6.24. The monoisotopic (exact) mass is 306 g/mol. The number of rotatable bonds is 1. The molecule has 0 aliphatic heterocycles. The summed E-state index contributed by atoms with van der Waals surface area (Å²) in [6.45, 7) is 4.44. The van der Waals surface area contributed by atoms with Crippen molar-refractivity contribution in [2.75, 3.05) is 0 Å². The molecule has 0 saturated heterocycles. The first kappa shape index (κ1) is 14.8. The van der Waals surface area contributed by atoms with Gasteiger partial charge >= 0.3 is 0 Å². The number of furan rings is 1. The Kier molecular flexibility index (Phi) is 3.67. The fourth-order valence-corrected chi connectivity index (χ4v) is 4.05. The van der Waals surface area contributed by atoms with Crippen LogP contribution in [0.3, 0.4) is 0 Å². The Balaban J connectivity index is 1.77. The van der Waals surface area contributed by atoms with Crippen LogP contribution in [0.2, 0.25) is 0 Å². The lowest BCUT2D eigenvalue weighted by atomic mass is 9.80. The van der Waals surface area contributed by atoms with E-state index in [0.717, 1.165) is 17.1 Å². The lowest BCUT2D eigenvalue weighted by Crippen LogP contribution is -2.24. The van der Waals surface area contributed by atoms with E-state index in [1.54, 1.807) is 0 Å². The summed E-state index contributed by atoms with van der Waals surface area (Å²) in [6, 6.07) is 0. The van der Waals surface area contributed by atoms with Gasteiger partial charge in [-0.3, -0.25) is 0 Å². The minimum atomic E-state index is 0.0866. The van der Waals surface area contributed by atoms with Crippen LogP contribution in [-0.2, 0) is 0 Å². The first-order valence-corrected chi connectivity index (χ1v) is 9.04. The van der Waals surface area contributed by atoms with Gasteiger partial charge in [0.2, 0.25) is 0 Å². The molecule has 0 bridgehead atoms. The van der Waals surface area contributed by atoms with Crippen LogP contribution in [0.15, 0.2) is 28.7 Å². The molecule has 1 saturated carbocycles. The molecule has 0 amide bonds. The van der Waals surface area contributed by atoms with Crippen molar-refractivity contribution in [3.63, 3.8) is 0 Å². The summed E-state index contributed by atoms with van der Waals surface area (Å²) in [5, 5.41) is 1.24. The third-order valence-electron chi connectivity index (χ3n) is 5.52. The Morgan fingerprint density at radius 2 is 1.83 bits per heavy atom. The van der Waals surface area contributed by atoms with Crippen molar-refractivity contribution in [3.05, 3.63) is 46.3 Å². The average molecular weight is 306 g/mol. The molecule has 3 aliphatic rings. The van der Waals surface area contributed by atoms with Crippen molar-refractivity contribution in [2.45, 2.75) is 46.0 Å². The highest BCUT2D eigenvalue weighted by atomic mass is 16.3. The predicted molar refractivity (Wildman–Crippen MR) is 97.9 cm³/mol. The van der Waals surface area contributed by atoms with Crippen molar-refractivity contribution >= 4 is 24.3 Å². The zero-order valence-electron chi connectivity index (χ0n) is 14.2. The molecule has 0 spiro atoms. The molecule has 1 unspecified atom stereocenters. The van der Waals surface area contributed by atoms with Crippen LogP contribution in [0.5, 0.6) is 0 Å². The standard InChI is InChI=1S/C22H26O/c1-22(2)13-11-19-18-10-6-9-17(16-7-4-3-5-8-16)15-21(18)23-20(19)12-14-22/h6,9-17H,3-5,7-8H2,1-2H3. The molecule has 1 heteroatoms. The minimum Gasteiger partial charge on any atom is -0.456 e. The Bertz CT molecular complexity index is 792. The highest BCUT2D eigenvalue weighted by Crippen LogP contribution is 2.32. The summed E-state index contributed by atoms with van der Waals surface area (Å²) in [5.74, 6) is 2.31. The van der Waals surface area contributed by atoms with Crippen LogP contribution in [0.4, 0.5) is 0 Å². The highest BCUT2D eigenvalue weighted by Gasteiger charge is 2.22. The second-order valence-electron chi connectivity index (χ2n) is 7.84. The molecule has 0 aromatic carbocycles. The fourth-order valence-electron chi connectivity index (χ4n) is 4.05. The van der Waals surface area contributed by atoms with Crippen molar-refractivity contribution < 1.29 is 4.42 Å². The van der Waals surface area contributed by atoms with Gasteiger partial charge in [0.15, 0.2) is 0 Å². The Morgan fingerprint density at radius 1 is 1.04 bits per heavy atom. The van der Waals surface area contributed by atoms with Crippen LogP contribution in [-0.4, -0.2) is 0 Å². The van der Waals surface area contributed by atoms with E-state index in [0.29, 0.717) is 5.92 Å². The molecule has 1 aromatic heterocycles. The molecule has 120 valence electrons. The second kappa shape index (κ2) is 5.70. The quantitative estimate of drug-likeness (QED) is 0.734. The van der Waals surface area contributed by atoms with E-state index in [4.69, 9.17) is 4.42 Å². The fraction of sp³-hybridized carbons (Fsp3) is 0.455. The normalized spacial score (nSPS) is 25.7. The van der Waals surface area contributed by atoms with E-state index in [1.165, 1.54) is 42.9 Å². The maximum absolute atomic E-state index is 6.24. The van der Waals surface area contributed by atoms with Gasteiger partial charge in [0, 0.05) is 22.1 Å².